The lowest BCUT2D eigenvalue weighted by molar-refractivity contribution is -0.286. The van der Waals surface area contributed by atoms with E-state index in [0.29, 0.717) is 5.69 Å². The minimum absolute atomic E-state index is 0.0551. The highest BCUT2D eigenvalue weighted by Gasteiger charge is 2.43. The number of methoxy groups -OCH3 is 1. The van der Waals surface area contributed by atoms with Crippen LogP contribution in [-0.2, 0) is 4.79 Å². The van der Waals surface area contributed by atoms with Crippen LogP contribution in [0.1, 0.15) is 0 Å². The number of hydrogen-bond acceptors (Lipinski definition) is 6. The average Bonchev–Trinajstić information content (AvgIpc) is 3.01. The van der Waals surface area contributed by atoms with E-state index >= 15 is 0 Å². The Kier molecular flexibility index (Phi) is 5.14. The molecule has 2 aromatic carbocycles. The molecule has 2 aliphatic rings. The van der Waals surface area contributed by atoms with Crippen LogP contribution in [0.4, 0.5) is 20.2 Å². The summed E-state index contributed by atoms with van der Waals surface area (Å²) < 4.78 is 40.4. The molecular formula is C20H21F2N3O4. The second kappa shape index (κ2) is 7.75. The van der Waals surface area contributed by atoms with Gasteiger partial charge in [0.1, 0.15) is 5.75 Å². The second-order valence-corrected chi connectivity index (χ2v) is 6.81. The van der Waals surface area contributed by atoms with Gasteiger partial charge in [0, 0.05) is 37.9 Å². The van der Waals surface area contributed by atoms with E-state index in [1.807, 2.05) is 29.2 Å². The molecule has 1 N–H and O–H groups in total. The maximum Gasteiger partial charge on any atom is 0.586 e. The van der Waals surface area contributed by atoms with Crippen LogP contribution >= 0.6 is 0 Å². The van der Waals surface area contributed by atoms with E-state index in [1.54, 1.807) is 7.11 Å². The van der Waals surface area contributed by atoms with E-state index in [1.165, 1.54) is 18.2 Å². The van der Waals surface area contributed by atoms with Crippen molar-refractivity contribution >= 4 is 17.3 Å². The number of halogens is 2. The third kappa shape index (κ3) is 4.34. The monoisotopic (exact) mass is 405 g/mol. The van der Waals surface area contributed by atoms with E-state index in [4.69, 9.17) is 4.74 Å². The van der Waals surface area contributed by atoms with E-state index < -0.39 is 6.29 Å². The maximum absolute atomic E-state index is 13.1. The quantitative estimate of drug-likeness (QED) is 0.826. The summed E-state index contributed by atoms with van der Waals surface area (Å²) in [7, 11) is 1.65. The van der Waals surface area contributed by atoms with Gasteiger partial charge >= 0.3 is 6.29 Å². The van der Waals surface area contributed by atoms with Crippen molar-refractivity contribution in [1.29, 1.82) is 0 Å². The molecule has 1 amide bonds. The van der Waals surface area contributed by atoms with Gasteiger partial charge in [-0.3, -0.25) is 9.69 Å². The summed E-state index contributed by atoms with van der Waals surface area (Å²) >= 11 is 0. The number of amides is 1. The number of para-hydroxylation sites is 2. The molecule has 0 unspecified atom stereocenters. The molecule has 0 spiro atoms. The third-order valence-corrected chi connectivity index (χ3v) is 4.85. The van der Waals surface area contributed by atoms with Crippen molar-refractivity contribution in [2.24, 2.45) is 0 Å². The Labute approximate surface area is 166 Å². The fourth-order valence-corrected chi connectivity index (χ4v) is 3.47. The molecule has 0 radical (unpaired) electrons. The lowest BCUT2D eigenvalue weighted by Gasteiger charge is -2.36. The number of carbonyl (C=O) groups is 1. The van der Waals surface area contributed by atoms with Crippen LogP contribution in [0.3, 0.4) is 0 Å². The van der Waals surface area contributed by atoms with Gasteiger partial charge in [0.15, 0.2) is 11.5 Å². The first-order valence-corrected chi connectivity index (χ1v) is 9.23. The SMILES string of the molecule is COc1ccccc1N1CCN(CC(=O)Nc2ccc3c(c2)OC(F)(F)O3)CC1. The zero-order chi connectivity index (χ0) is 20.4. The van der Waals surface area contributed by atoms with Gasteiger partial charge in [-0.2, -0.15) is 0 Å². The topological polar surface area (TPSA) is 63.3 Å². The molecule has 0 aromatic heterocycles. The largest absolute Gasteiger partial charge is 0.586 e. The lowest BCUT2D eigenvalue weighted by atomic mass is 10.2. The fourth-order valence-electron chi connectivity index (χ4n) is 3.47. The Morgan fingerprint density at radius 1 is 1.10 bits per heavy atom. The summed E-state index contributed by atoms with van der Waals surface area (Å²) in [6.45, 7) is 3.20. The highest BCUT2D eigenvalue weighted by atomic mass is 19.3. The summed E-state index contributed by atoms with van der Waals surface area (Å²) in [5, 5.41) is 2.71. The Morgan fingerprint density at radius 2 is 1.83 bits per heavy atom. The van der Waals surface area contributed by atoms with Gasteiger partial charge in [-0.1, -0.05) is 12.1 Å². The van der Waals surface area contributed by atoms with Crippen LogP contribution in [0, 0.1) is 0 Å². The number of anilines is 2. The summed E-state index contributed by atoms with van der Waals surface area (Å²) in [6, 6.07) is 12.0. The van der Waals surface area contributed by atoms with Crippen LogP contribution in [0.15, 0.2) is 42.5 Å². The molecule has 1 saturated heterocycles. The molecule has 29 heavy (non-hydrogen) atoms. The van der Waals surface area contributed by atoms with Crippen molar-refractivity contribution in [3.05, 3.63) is 42.5 Å². The fraction of sp³-hybridized carbons (Fsp3) is 0.350. The van der Waals surface area contributed by atoms with Crippen LogP contribution in [0.2, 0.25) is 0 Å². The molecule has 0 saturated carbocycles. The third-order valence-electron chi connectivity index (χ3n) is 4.85. The number of piperazine rings is 1. The first-order chi connectivity index (χ1) is 13.9. The van der Waals surface area contributed by atoms with E-state index in [9.17, 15) is 13.6 Å². The molecule has 9 heteroatoms. The van der Waals surface area contributed by atoms with Crippen molar-refractivity contribution in [2.75, 3.05) is 50.1 Å². The minimum atomic E-state index is -3.67. The summed E-state index contributed by atoms with van der Waals surface area (Å²) in [5.41, 5.74) is 1.42. The number of ether oxygens (including phenoxy) is 3. The predicted octanol–water partition coefficient (Wildman–Crippen LogP) is 2.78. The molecule has 154 valence electrons. The van der Waals surface area contributed by atoms with Gasteiger partial charge in [-0.25, -0.2) is 0 Å². The molecule has 1 fully saturated rings. The Hall–Kier alpha value is -3.07. The van der Waals surface area contributed by atoms with Crippen molar-refractivity contribution in [3.63, 3.8) is 0 Å². The number of benzene rings is 2. The van der Waals surface area contributed by atoms with Crippen LogP contribution < -0.4 is 24.4 Å². The first-order valence-electron chi connectivity index (χ1n) is 9.23. The normalized spacial score (nSPS) is 17.8. The van der Waals surface area contributed by atoms with Crippen molar-refractivity contribution < 1.29 is 27.8 Å². The van der Waals surface area contributed by atoms with E-state index in [0.717, 1.165) is 37.6 Å². The number of carbonyl (C=O) groups excluding carboxylic acids is 1. The van der Waals surface area contributed by atoms with Gasteiger partial charge < -0.3 is 24.4 Å². The highest BCUT2D eigenvalue weighted by Crippen LogP contribution is 2.42. The predicted molar refractivity (Wildman–Crippen MR) is 103 cm³/mol. The molecule has 0 atom stereocenters. The van der Waals surface area contributed by atoms with Crippen LogP contribution in [0.5, 0.6) is 17.2 Å². The number of rotatable bonds is 5. The molecule has 2 heterocycles. The number of alkyl halides is 2. The smallest absolute Gasteiger partial charge is 0.495 e. The Balaban J connectivity index is 1.30. The standard InChI is InChI=1S/C20H21F2N3O4/c1-27-16-5-3-2-4-15(16)25-10-8-24(9-11-25)13-19(26)23-14-6-7-17-18(12-14)29-20(21,22)28-17/h2-7,12H,8-11,13H2,1H3,(H,23,26). The second-order valence-electron chi connectivity index (χ2n) is 6.81. The van der Waals surface area contributed by atoms with Crippen LogP contribution in [-0.4, -0.2) is 56.9 Å². The van der Waals surface area contributed by atoms with Crippen molar-refractivity contribution in [2.45, 2.75) is 6.29 Å². The summed E-state index contributed by atoms with van der Waals surface area (Å²) in [5.74, 6) is 0.451. The zero-order valence-electron chi connectivity index (χ0n) is 15.9. The highest BCUT2D eigenvalue weighted by molar-refractivity contribution is 5.92. The molecule has 7 nitrogen and oxygen atoms in total. The van der Waals surface area contributed by atoms with E-state index in [-0.39, 0.29) is 24.0 Å². The van der Waals surface area contributed by atoms with E-state index in [2.05, 4.69) is 19.7 Å². The minimum Gasteiger partial charge on any atom is -0.495 e. The van der Waals surface area contributed by atoms with Gasteiger partial charge in [0.2, 0.25) is 5.91 Å². The Morgan fingerprint density at radius 3 is 2.59 bits per heavy atom. The Bertz CT molecular complexity index is 901. The first kappa shape index (κ1) is 19.3. The summed E-state index contributed by atoms with van der Waals surface area (Å²) in [4.78, 5) is 16.6. The molecule has 2 aromatic rings. The van der Waals surface area contributed by atoms with Gasteiger partial charge in [0.05, 0.1) is 19.3 Å². The van der Waals surface area contributed by atoms with Crippen molar-refractivity contribution in [3.8, 4) is 17.2 Å². The number of nitrogens with one attached hydrogen (secondary N) is 1. The molecule has 2 aliphatic heterocycles. The summed E-state index contributed by atoms with van der Waals surface area (Å²) in [6.07, 6.45) is -3.67. The van der Waals surface area contributed by atoms with Gasteiger partial charge in [-0.05, 0) is 24.3 Å². The van der Waals surface area contributed by atoms with Crippen LogP contribution in [0.25, 0.3) is 0 Å². The maximum atomic E-state index is 13.1. The zero-order valence-corrected chi connectivity index (χ0v) is 15.9. The number of nitrogens with zero attached hydrogens (tertiary/aromatic N) is 2. The van der Waals surface area contributed by atoms with Gasteiger partial charge in [0.25, 0.3) is 0 Å². The average molecular weight is 405 g/mol. The van der Waals surface area contributed by atoms with Crippen molar-refractivity contribution in [1.82, 2.24) is 4.90 Å². The molecule has 4 rings (SSSR count). The van der Waals surface area contributed by atoms with Gasteiger partial charge in [-0.15, -0.1) is 8.78 Å². The molecular weight excluding hydrogens is 384 g/mol. The molecule has 0 bridgehead atoms. The number of hydrogen-bond donors (Lipinski definition) is 1. The molecule has 0 aliphatic carbocycles. The number of fused-ring (bicyclic) bond motifs is 1. The lowest BCUT2D eigenvalue weighted by Crippen LogP contribution is -2.48.